The first-order valence-corrected chi connectivity index (χ1v) is 11.1. The van der Waals surface area contributed by atoms with E-state index < -0.39 is 16.0 Å². The molecular formula is C19H28FN3O3S. The van der Waals surface area contributed by atoms with Crippen LogP contribution in [0.3, 0.4) is 0 Å². The van der Waals surface area contributed by atoms with Crippen LogP contribution in [0, 0.1) is 11.7 Å². The number of amides is 1. The smallest absolute Gasteiger partial charge is 0.303 e. The Kier molecular flexibility index (Phi) is 6.37. The van der Waals surface area contributed by atoms with Crippen LogP contribution in [0.5, 0.6) is 0 Å². The zero-order valence-corrected chi connectivity index (χ0v) is 16.5. The van der Waals surface area contributed by atoms with Gasteiger partial charge in [-0.05, 0) is 49.9 Å². The molecule has 2 fully saturated rings. The van der Waals surface area contributed by atoms with Gasteiger partial charge in [0.2, 0.25) is 5.91 Å². The lowest BCUT2D eigenvalue weighted by molar-refractivity contribution is -0.127. The summed E-state index contributed by atoms with van der Waals surface area (Å²) in [6, 6.07) is 5.56. The molecule has 0 bridgehead atoms. The van der Waals surface area contributed by atoms with E-state index in [1.807, 2.05) is 0 Å². The minimum Gasteiger partial charge on any atom is -0.353 e. The molecule has 1 heterocycles. The molecule has 1 unspecified atom stereocenters. The topological polar surface area (TPSA) is 69.7 Å². The molecule has 1 atom stereocenters. The standard InChI is InChI=1S/C19H28FN3O3S/c1-22(18-11-9-16(20)10-12-18)27(25,26)23-13-5-6-15(14-23)19(24)21-17-7-3-2-4-8-17/h9-12,15,17H,2-8,13-14H2,1H3,(H,21,24). The van der Waals surface area contributed by atoms with Crippen molar-refractivity contribution in [1.29, 1.82) is 0 Å². The highest BCUT2D eigenvalue weighted by atomic mass is 32.2. The van der Waals surface area contributed by atoms with Gasteiger partial charge in [-0.1, -0.05) is 19.3 Å². The van der Waals surface area contributed by atoms with Gasteiger partial charge in [0.1, 0.15) is 5.82 Å². The first-order chi connectivity index (χ1) is 12.9. The quantitative estimate of drug-likeness (QED) is 0.830. The molecule has 0 radical (unpaired) electrons. The predicted octanol–water partition coefficient (Wildman–Crippen LogP) is 2.67. The van der Waals surface area contributed by atoms with E-state index in [2.05, 4.69) is 5.32 Å². The lowest BCUT2D eigenvalue weighted by Crippen LogP contribution is -2.51. The third-order valence-electron chi connectivity index (χ3n) is 5.57. The highest BCUT2D eigenvalue weighted by molar-refractivity contribution is 7.90. The third kappa shape index (κ3) is 4.79. The molecule has 8 heteroatoms. The van der Waals surface area contributed by atoms with E-state index in [-0.39, 0.29) is 24.4 Å². The lowest BCUT2D eigenvalue weighted by Gasteiger charge is -2.35. The average Bonchev–Trinajstić information content (AvgIpc) is 2.69. The van der Waals surface area contributed by atoms with Crippen molar-refractivity contribution in [2.75, 3.05) is 24.4 Å². The molecule has 1 N–H and O–H groups in total. The molecule has 3 rings (SSSR count). The Labute approximate surface area is 160 Å². The molecule has 27 heavy (non-hydrogen) atoms. The average molecular weight is 398 g/mol. The van der Waals surface area contributed by atoms with Gasteiger partial charge in [-0.15, -0.1) is 0 Å². The predicted molar refractivity (Wildman–Crippen MR) is 103 cm³/mol. The van der Waals surface area contributed by atoms with Gasteiger partial charge in [0.05, 0.1) is 11.6 Å². The second-order valence-corrected chi connectivity index (χ2v) is 9.45. The Morgan fingerprint density at radius 2 is 1.78 bits per heavy atom. The first kappa shape index (κ1) is 20.1. The van der Waals surface area contributed by atoms with Crippen molar-refractivity contribution in [3.05, 3.63) is 30.1 Å². The second-order valence-electron chi connectivity index (χ2n) is 7.49. The van der Waals surface area contributed by atoms with Gasteiger partial charge in [-0.3, -0.25) is 9.10 Å². The Balaban J connectivity index is 1.65. The summed E-state index contributed by atoms with van der Waals surface area (Å²) in [5.74, 6) is -0.773. The molecule has 150 valence electrons. The van der Waals surface area contributed by atoms with Crippen LogP contribution in [0.1, 0.15) is 44.9 Å². The Morgan fingerprint density at radius 3 is 2.44 bits per heavy atom. The van der Waals surface area contributed by atoms with E-state index in [4.69, 9.17) is 0 Å². The maximum absolute atomic E-state index is 13.1. The monoisotopic (exact) mass is 397 g/mol. The summed E-state index contributed by atoms with van der Waals surface area (Å²) < 4.78 is 41.5. The van der Waals surface area contributed by atoms with Crippen LogP contribution in [0.4, 0.5) is 10.1 Å². The number of rotatable bonds is 5. The second kappa shape index (κ2) is 8.56. The molecule has 1 aliphatic heterocycles. The highest BCUT2D eigenvalue weighted by Crippen LogP contribution is 2.25. The third-order valence-corrected chi connectivity index (χ3v) is 7.46. The van der Waals surface area contributed by atoms with Gasteiger partial charge in [0, 0.05) is 26.2 Å². The summed E-state index contributed by atoms with van der Waals surface area (Å²) in [6.07, 6.45) is 6.86. The largest absolute Gasteiger partial charge is 0.353 e. The summed E-state index contributed by atoms with van der Waals surface area (Å²) in [6.45, 7) is 0.577. The minimum atomic E-state index is -3.76. The SMILES string of the molecule is CN(c1ccc(F)cc1)S(=O)(=O)N1CCCC(C(=O)NC2CCCCC2)C1. The Hall–Kier alpha value is -1.67. The number of nitrogens with one attached hydrogen (secondary N) is 1. The normalized spacial score (nSPS) is 22.4. The summed E-state index contributed by atoms with van der Waals surface area (Å²) in [4.78, 5) is 12.6. The fourth-order valence-electron chi connectivity index (χ4n) is 3.89. The maximum atomic E-state index is 13.1. The zero-order chi connectivity index (χ0) is 19.4. The number of carbonyl (C=O) groups excluding carboxylic acids is 1. The van der Waals surface area contributed by atoms with Crippen molar-refractivity contribution in [2.24, 2.45) is 5.92 Å². The van der Waals surface area contributed by atoms with Crippen molar-refractivity contribution in [3.8, 4) is 0 Å². The van der Waals surface area contributed by atoms with Gasteiger partial charge in [-0.2, -0.15) is 12.7 Å². The number of hydrogen-bond acceptors (Lipinski definition) is 3. The van der Waals surface area contributed by atoms with Gasteiger partial charge in [0.15, 0.2) is 0 Å². The lowest BCUT2D eigenvalue weighted by atomic mass is 9.93. The molecule has 1 saturated carbocycles. The van der Waals surface area contributed by atoms with Gasteiger partial charge in [0.25, 0.3) is 0 Å². The molecule has 1 saturated heterocycles. The summed E-state index contributed by atoms with van der Waals surface area (Å²) >= 11 is 0. The maximum Gasteiger partial charge on any atom is 0.303 e. The number of carbonyl (C=O) groups is 1. The van der Waals surface area contributed by atoms with Crippen molar-refractivity contribution in [1.82, 2.24) is 9.62 Å². The molecule has 1 aromatic carbocycles. The van der Waals surface area contributed by atoms with E-state index in [9.17, 15) is 17.6 Å². The molecule has 2 aliphatic rings. The zero-order valence-electron chi connectivity index (χ0n) is 15.7. The number of hydrogen-bond donors (Lipinski definition) is 1. The number of benzene rings is 1. The van der Waals surface area contributed by atoms with E-state index in [1.165, 1.54) is 42.0 Å². The van der Waals surface area contributed by atoms with Crippen LogP contribution >= 0.6 is 0 Å². The molecule has 6 nitrogen and oxygen atoms in total. The van der Waals surface area contributed by atoms with Crippen molar-refractivity contribution in [2.45, 2.75) is 51.0 Å². The van der Waals surface area contributed by atoms with Crippen LogP contribution in [-0.2, 0) is 15.0 Å². The first-order valence-electron chi connectivity index (χ1n) is 9.68. The minimum absolute atomic E-state index is 0.0359. The van der Waals surface area contributed by atoms with Crippen molar-refractivity contribution >= 4 is 21.8 Å². The molecule has 1 aliphatic carbocycles. The molecule has 1 aromatic rings. The number of piperidine rings is 1. The number of halogens is 1. The Morgan fingerprint density at radius 1 is 1.11 bits per heavy atom. The van der Waals surface area contributed by atoms with Crippen LogP contribution in [0.15, 0.2) is 24.3 Å². The fourth-order valence-corrected chi connectivity index (χ4v) is 5.35. The van der Waals surface area contributed by atoms with E-state index in [0.29, 0.717) is 25.1 Å². The van der Waals surface area contributed by atoms with Crippen LogP contribution in [0.2, 0.25) is 0 Å². The van der Waals surface area contributed by atoms with Gasteiger partial charge < -0.3 is 5.32 Å². The molecule has 0 spiro atoms. The highest BCUT2D eigenvalue weighted by Gasteiger charge is 2.35. The van der Waals surface area contributed by atoms with Crippen LogP contribution < -0.4 is 9.62 Å². The van der Waals surface area contributed by atoms with Crippen molar-refractivity contribution in [3.63, 3.8) is 0 Å². The van der Waals surface area contributed by atoms with E-state index >= 15 is 0 Å². The molecular weight excluding hydrogens is 369 g/mol. The van der Waals surface area contributed by atoms with E-state index in [0.717, 1.165) is 30.0 Å². The fraction of sp³-hybridized carbons (Fsp3) is 0.632. The summed E-state index contributed by atoms with van der Waals surface area (Å²) in [5.41, 5.74) is 0.394. The Bertz CT molecular complexity index is 748. The number of anilines is 1. The molecule has 1 amide bonds. The van der Waals surface area contributed by atoms with Crippen LogP contribution in [-0.4, -0.2) is 44.8 Å². The van der Waals surface area contributed by atoms with Crippen molar-refractivity contribution < 1.29 is 17.6 Å². The summed E-state index contributed by atoms with van der Waals surface area (Å²) in [5, 5.41) is 3.11. The van der Waals surface area contributed by atoms with Gasteiger partial charge >= 0.3 is 10.2 Å². The van der Waals surface area contributed by atoms with Crippen LogP contribution in [0.25, 0.3) is 0 Å². The molecule has 0 aromatic heterocycles. The summed E-state index contributed by atoms with van der Waals surface area (Å²) in [7, 11) is -2.31. The van der Waals surface area contributed by atoms with Gasteiger partial charge in [-0.25, -0.2) is 4.39 Å². The number of nitrogens with zero attached hydrogens (tertiary/aromatic N) is 2. The van der Waals surface area contributed by atoms with E-state index in [1.54, 1.807) is 0 Å².